The summed E-state index contributed by atoms with van der Waals surface area (Å²) in [5.41, 5.74) is 2.01. The number of ketones is 1. The highest BCUT2D eigenvalue weighted by atomic mass is 35.5. The average molecular weight is 391 g/mol. The van der Waals surface area contributed by atoms with E-state index in [2.05, 4.69) is 10.6 Å². The molecular weight excluding hydrogens is 375 g/mol. The predicted octanol–water partition coefficient (Wildman–Crippen LogP) is 3.35. The van der Waals surface area contributed by atoms with E-state index in [0.717, 1.165) is 5.56 Å². The minimum Gasteiger partial charge on any atom is -0.355 e. The summed E-state index contributed by atoms with van der Waals surface area (Å²) < 4.78 is 0. The maximum atomic E-state index is 12.5. The van der Waals surface area contributed by atoms with E-state index in [-0.39, 0.29) is 0 Å². The Labute approximate surface area is 160 Å². The van der Waals surface area contributed by atoms with E-state index in [1.165, 1.54) is 0 Å². The van der Waals surface area contributed by atoms with E-state index < -0.39 is 23.5 Å². The fourth-order valence-electron chi connectivity index (χ4n) is 2.88. The number of para-hydroxylation sites is 1. The van der Waals surface area contributed by atoms with Crippen LogP contribution in [-0.4, -0.2) is 24.1 Å². The fourth-order valence-corrected chi connectivity index (χ4v) is 3.20. The molecule has 134 valence electrons. The molecule has 5 nitrogen and oxygen atoms in total. The van der Waals surface area contributed by atoms with E-state index in [4.69, 9.17) is 23.2 Å². The van der Waals surface area contributed by atoms with Crippen molar-refractivity contribution in [3.05, 3.63) is 63.6 Å². The van der Waals surface area contributed by atoms with Gasteiger partial charge in [-0.2, -0.15) is 0 Å². The molecule has 0 bridgehead atoms. The van der Waals surface area contributed by atoms with Crippen LogP contribution in [-0.2, 0) is 20.8 Å². The van der Waals surface area contributed by atoms with Gasteiger partial charge in [-0.25, -0.2) is 0 Å². The summed E-state index contributed by atoms with van der Waals surface area (Å²) in [6.45, 7) is 0.382. The smallest absolute Gasteiger partial charge is 0.292 e. The second-order valence-electron chi connectivity index (χ2n) is 5.98. The first-order valence-electron chi connectivity index (χ1n) is 8.13. The third kappa shape index (κ3) is 3.89. The number of Topliss-reactive ketones (excluding diaryl/α,β-unsaturated/α-hetero) is 1. The van der Waals surface area contributed by atoms with Crippen molar-refractivity contribution in [1.82, 2.24) is 5.32 Å². The lowest BCUT2D eigenvalue weighted by molar-refractivity contribution is -0.139. The Balaban J connectivity index is 1.60. The normalized spacial score (nSPS) is 16.0. The van der Waals surface area contributed by atoms with Gasteiger partial charge in [-0.3, -0.25) is 14.4 Å². The van der Waals surface area contributed by atoms with Gasteiger partial charge in [0.25, 0.3) is 5.91 Å². The van der Waals surface area contributed by atoms with E-state index in [1.807, 2.05) is 6.07 Å². The Morgan fingerprint density at radius 3 is 2.62 bits per heavy atom. The Bertz CT molecular complexity index is 883. The summed E-state index contributed by atoms with van der Waals surface area (Å²) in [7, 11) is 0. The van der Waals surface area contributed by atoms with Crippen LogP contribution in [0.4, 0.5) is 5.69 Å². The van der Waals surface area contributed by atoms with Crippen LogP contribution >= 0.6 is 23.2 Å². The van der Waals surface area contributed by atoms with Crippen LogP contribution in [0.1, 0.15) is 23.5 Å². The van der Waals surface area contributed by atoms with Crippen molar-refractivity contribution in [1.29, 1.82) is 0 Å². The second-order valence-corrected chi connectivity index (χ2v) is 6.80. The molecule has 3 rings (SSSR count). The number of carbonyl (C=O) groups is 3. The number of fused-ring (bicyclic) bond motifs is 1. The van der Waals surface area contributed by atoms with Gasteiger partial charge in [-0.15, -0.1) is 0 Å². The first-order valence-corrected chi connectivity index (χ1v) is 8.88. The quantitative estimate of drug-likeness (QED) is 0.466. The molecule has 1 atom stereocenters. The number of rotatable bonds is 5. The standard InChI is InChI=1S/C19H16Cl2N2O3/c20-13-8-7-11(10-14(13)21)4-3-9-22-18(25)16-12-5-1-2-6-15(12)23-19(26)17(16)24/h1-2,5-8,10,16H,3-4,9H2,(H,22,25)(H,23,26). The SMILES string of the molecule is O=C1Nc2ccccc2C(C(=O)NCCCc2ccc(Cl)c(Cl)c2)C1=O. The fraction of sp³-hybridized carbons (Fsp3) is 0.211. The maximum absolute atomic E-state index is 12.5. The average Bonchev–Trinajstić information content (AvgIpc) is 2.62. The predicted molar refractivity (Wildman–Crippen MR) is 101 cm³/mol. The third-order valence-electron chi connectivity index (χ3n) is 4.19. The third-order valence-corrected chi connectivity index (χ3v) is 4.93. The van der Waals surface area contributed by atoms with E-state index >= 15 is 0 Å². The molecule has 0 spiro atoms. The van der Waals surface area contributed by atoms with Gasteiger partial charge < -0.3 is 10.6 Å². The number of nitrogens with one attached hydrogen (secondary N) is 2. The summed E-state index contributed by atoms with van der Waals surface area (Å²) in [4.78, 5) is 36.4. The van der Waals surface area contributed by atoms with Gasteiger partial charge in [0.2, 0.25) is 11.7 Å². The molecule has 2 N–H and O–H groups in total. The molecule has 2 amide bonds. The zero-order valence-electron chi connectivity index (χ0n) is 13.7. The first kappa shape index (κ1) is 18.4. The lowest BCUT2D eigenvalue weighted by Crippen LogP contribution is -2.42. The topological polar surface area (TPSA) is 75.3 Å². The molecule has 7 heteroatoms. The van der Waals surface area contributed by atoms with E-state index in [9.17, 15) is 14.4 Å². The maximum Gasteiger partial charge on any atom is 0.292 e. The minimum atomic E-state index is -1.11. The van der Waals surface area contributed by atoms with Crippen LogP contribution in [0.25, 0.3) is 0 Å². The van der Waals surface area contributed by atoms with E-state index in [0.29, 0.717) is 40.7 Å². The van der Waals surface area contributed by atoms with E-state index in [1.54, 1.807) is 36.4 Å². The molecule has 0 fully saturated rings. The summed E-state index contributed by atoms with van der Waals surface area (Å²) in [5, 5.41) is 6.23. The summed E-state index contributed by atoms with van der Waals surface area (Å²) in [6, 6.07) is 12.2. The van der Waals surface area contributed by atoms with Crippen molar-refractivity contribution in [2.24, 2.45) is 0 Å². The molecule has 1 aliphatic heterocycles. The highest BCUT2D eigenvalue weighted by Crippen LogP contribution is 2.30. The molecule has 0 saturated heterocycles. The molecular formula is C19H16Cl2N2O3. The van der Waals surface area contributed by atoms with Crippen molar-refractivity contribution in [3.8, 4) is 0 Å². The number of aryl methyl sites for hydroxylation is 1. The van der Waals surface area contributed by atoms with Crippen LogP contribution in [0.15, 0.2) is 42.5 Å². The van der Waals surface area contributed by atoms with Crippen molar-refractivity contribution >= 4 is 46.5 Å². The Morgan fingerprint density at radius 1 is 1.08 bits per heavy atom. The van der Waals surface area contributed by atoms with Gasteiger partial charge in [0.05, 0.1) is 10.0 Å². The Hall–Kier alpha value is -2.37. The zero-order chi connectivity index (χ0) is 18.7. The van der Waals surface area contributed by atoms with Crippen molar-refractivity contribution in [2.75, 3.05) is 11.9 Å². The molecule has 2 aromatic rings. The number of halogens is 2. The first-order chi connectivity index (χ1) is 12.5. The zero-order valence-corrected chi connectivity index (χ0v) is 15.2. The molecule has 26 heavy (non-hydrogen) atoms. The van der Waals surface area contributed by atoms with Crippen LogP contribution in [0.2, 0.25) is 10.0 Å². The number of hydrogen-bond donors (Lipinski definition) is 2. The monoisotopic (exact) mass is 390 g/mol. The molecule has 0 aromatic heterocycles. The highest BCUT2D eigenvalue weighted by Gasteiger charge is 2.38. The molecule has 1 unspecified atom stereocenters. The molecule has 1 aliphatic rings. The number of carbonyl (C=O) groups excluding carboxylic acids is 3. The van der Waals surface area contributed by atoms with Gasteiger partial charge >= 0.3 is 0 Å². The number of anilines is 1. The molecule has 0 aliphatic carbocycles. The lowest BCUT2D eigenvalue weighted by Gasteiger charge is -2.23. The minimum absolute atomic E-state index is 0.382. The Morgan fingerprint density at radius 2 is 1.85 bits per heavy atom. The summed E-state index contributed by atoms with van der Waals surface area (Å²) in [5.74, 6) is -3.08. The van der Waals surface area contributed by atoms with Crippen LogP contribution in [0.5, 0.6) is 0 Å². The van der Waals surface area contributed by atoms with Gasteiger partial charge in [-0.1, -0.05) is 47.5 Å². The lowest BCUT2D eigenvalue weighted by atomic mass is 9.88. The highest BCUT2D eigenvalue weighted by molar-refractivity contribution is 6.47. The van der Waals surface area contributed by atoms with Gasteiger partial charge in [0, 0.05) is 12.2 Å². The number of hydrogen-bond acceptors (Lipinski definition) is 3. The van der Waals surface area contributed by atoms with Crippen LogP contribution < -0.4 is 10.6 Å². The Kier molecular flexibility index (Phi) is 5.59. The molecule has 0 radical (unpaired) electrons. The van der Waals surface area contributed by atoms with Crippen molar-refractivity contribution in [3.63, 3.8) is 0 Å². The summed E-state index contributed by atoms with van der Waals surface area (Å²) >= 11 is 11.9. The largest absolute Gasteiger partial charge is 0.355 e. The van der Waals surface area contributed by atoms with Crippen LogP contribution in [0.3, 0.4) is 0 Å². The number of benzene rings is 2. The second kappa shape index (κ2) is 7.89. The van der Waals surface area contributed by atoms with Gasteiger partial charge in [0.1, 0.15) is 5.92 Å². The molecule has 0 saturated carbocycles. The molecule has 2 aromatic carbocycles. The van der Waals surface area contributed by atoms with Crippen molar-refractivity contribution in [2.45, 2.75) is 18.8 Å². The molecule has 1 heterocycles. The van der Waals surface area contributed by atoms with Crippen molar-refractivity contribution < 1.29 is 14.4 Å². The van der Waals surface area contributed by atoms with Gasteiger partial charge in [-0.05, 0) is 42.2 Å². The number of amides is 2. The van der Waals surface area contributed by atoms with Gasteiger partial charge in [0.15, 0.2) is 0 Å². The summed E-state index contributed by atoms with van der Waals surface area (Å²) in [6.07, 6.45) is 1.37. The van der Waals surface area contributed by atoms with Crippen LogP contribution in [0, 0.1) is 0 Å².